The molecule has 3 heteroatoms. The van der Waals surface area contributed by atoms with Gasteiger partial charge in [-0.3, -0.25) is 10.8 Å². The summed E-state index contributed by atoms with van der Waals surface area (Å²) in [4.78, 5) is 4.59. The predicted molar refractivity (Wildman–Crippen MR) is 63.5 cm³/mol. The SMILES string of the molecule is CCCc1nc2ccccc2cc1NN. The van der Waals surface area contributed by atoms with E-state index in [9.17, 15) is 0 Å². The number of hydrazine groups is 1. The zero-order chi connectivity index (χ0) is 10.7. The first-order valence-electron chi connectivity index (χ1n) is 5.20. The van der Waals surface area contributed by atoms with E-state index in [1.165, 1.54) is 0 Å². The zero-order valence-electron chi connectivity index (χ0n) is 8.83. The van der Waals surface area contributed by atoms with E-state index in [1.54, 1.807) is 0 Å². The Hall–Kier alpha value is -1.61. The lowest BCUT2D eigenvalue weighted by Gasteiger charge is -2.08. The number of para-hydroxylation sites is 1. The second-order valence-corrected chi connectivity index (χ2v) is 3.57. The second kappa shape index (κ2) is 4.28. The monoisotopic (exact) mass is 201 g/mol. The van der Waals surface area contributed by atoms with Crippen molar-refractivity contribution in [3.05, 3.63) is 36.0 Å². The van der Waals surface area contributed by atoms with Crippen LogP contribution in [0.3, 0.4) is 0 Å². The van der Waals surface area contributed by atoms with Crippen LogP contribution in [0, 0.1) is 0 Å². The molecule has 0 aliphatic heterocycles. The molecule has 0 saturated carbocycles. The molecule has 1 aromatic carbocycles. The molecule has 0 bridgehead atoms. The van der Waals surface area contributed by atoms with E-state index in [0.29, 0.717) is 0 Å². The second-order valence-electron chi connectivity index (χ2n) is 3.57. The molecule has 0 unspecified atom stereocenters. The maximum absolute atomic E-state index is 5.48. The Kier molecular flexibility index (Phi) is 2.83. The van der Waals surface area contributed by atoms with Crippen molar-refractivity contribution in [2.24, 2.45) is 5.84 Å². The van der Waals surface area contributed by atoms with E-state index in [4.69, 9.17) is 5.84 Å². The fraction of sp³-hybridized carbons (Fsp3) is 0.250. The van der Waals surface area contributed by atoms with Crippen molar-refractivity contribution in [3.63, 3.8) is 0 Å². The van der Waals surface area contributed by atoms with E-state index < -0.39 is 0 Å². The quantitative estimate of drug-likeness (QED) is 0.592. The first kappa shape index (κ1) is 9.93. The van der Waals surface area contributed by atoms with Gasteiger partial charge in [0.2, 0.25) is 0 Å². The summed E-state index contributed by atoms with van der Waals surface area (Å²) in [6.07, 6.45) is 2.02. The van der Waals surface area contributed by atoms with Gasteiger partial charge >= 0.3 is 0 Å². The van der Waals surface area contributed by atoms with Crippen LogP contribution in [-0.4, -0.2) is 4.98 Å². The predicted octanol–water partition coefficient (Wildman–Crippen LogP) is 2.47. The first-order chi connectivity index (χ1) is 7.35. The Morgan fingerprint density at radius 2 is 2.13 bits per heavy atom. The molecule has 0 aliphatic rings. The van der Waals surface area contributed by atoms with Gasteiger partial charge in [0.15, 0.2) is 0 Å². The summed E-state index contributed by atoms with van der Waals surface area (Å²) in [6.45, 7) is 2.14. The van der Waals surface area contributed by atoms with Gasteiger partial charge in [-0.1, -0.05) is 31.5 Å². The van der Waals surface area contributed by atoms with E-state index in [0.717, 1.165) is 35.1 Å². The number of benzene rings is 1. The Morgan fingerprint density at radius 3 is 2.87 bits per heavy atom. The number of aromatic nitrogens is 1. The summed E-state index contributed by atoms with van der Waals surface area (Å²) in [5, 5.41) is 1.12. The van der Waals surface area contributed by atoms with E-state index in [1.807, 2.05) is 30.3 Å². The highest BCUT2D eigenvalue weighted by molar-refractivity contribution is 5.82. The molecule has 2 rings (SSSR count). The Labute approximate surface area is 89.3 Å². The molecule has 78 valence electrons. The normalized spacial score (nSPS) is 10.5. The molecule has 3 nitrogen and oxygen atoms in total. The minimum absolute atomic E-state index is 0.926. The molecular formula is C12H15N3. The van der Waals surface area contributed by atoms with Crippen molar-refractivity contribution in [3.8, 4) is 0 Å². The summed E-state index contributed by atoms with van der Waals surface area (Å²) in [5.74, 6) is 5.48. The van der Waals surface area contributed by atoms with Crippen molar-refractivity contribution < 1.29 is 0 Å². The van der Waals surface area contributed by atoms with Crippen LogP contribution in [0.4, 0.5) is 5.69 Å². The number of anilines is 1. The summed E-state index contributed by atoms with van der Waals surface area (Å²) in [6, 6.07) is 10.1. The topological polar surface area (TPSA) is 50.9 Å². The standard InChI is InChI=1S/C12H15N3/c1-2-5-11-12(15-13)8-9-6-3-4-7-10(9)14-11/h3-4,6-8,15H,2,5,13H2,1H3. The Morgan fingerprint density at radius 1 is 1.33 bits per heavy atom. The molecule has 0 fully saturated rings. The van der Waals surface area contributed by atoms with Gasteiger partial charge in [0.25, 0.3) is 0 Å². The number of nitrogen functional groups attached to an aromatic ring is 1. The van der Waals surface area contributed by atoms with Crippen LogP contribution < -0.4 is 11.3 Å². The lowest BCUT2D eigenvalue weighted by Crippen LogP contribution is -2.10. The van der Waals surface area contributed by atoms with Crippen molar-refractivity contribution in [1.29, 1.82) is 0 Å². The third kappa shape index (κ3) is 1.92. The van der Waals surface area contributed by atoms with Crippen LogP contribution in [0.2, 0.25) is 0 Å². The summed E-state index contributed by atoms with van der Waals surface area (Å²) >= 11 is 0. The van der Waals surface area contributed by atoms with Crippen LogP contribution in [-0.2, 0) is 6.42 Å². The van der Waals surface area contributed by atoms with Gasteiger partial charge in [-0.15, -0.1) is 0 Å². The van der Waals surface area contributed by atoms with Crippen LogP contribution in [0.5, 0.6) is 0 Å². The van der Waals surface area contributed by atoms with Crippen molar-refractivity contribution in [1.82, 2.24) is 4.98 Å². The number of nitrogens with one attached hydrogen (secondary N) is 1. The highest BCUT2D eigenvalue weighted by Gasteiger charge is 2.04. The molecular weight excluding hydrogens is 186 g/mol. The summed E-state index contributed by atoms with van der Waals surface area (Å²) in [7, 11) is 0. The largest absolute Gasteiger partial charge is 0.322 e. The fourth-order valence-electron chi connectivity index (χ4n) is 1.71. The Balaban J connectivity index is 2.58. The van der Waals surface area contributed by atoms with Crippen molar-refractivity contribution in [2.45, 2.75) is 19.8 Å². The number of hydrogen-bond donors (Lipinski definition) is 2. The highest BCUT2D eigenvalue weighted by atomic mass is 15.2. The Bertz CT molecular complexity index is 465. The van der Waals surface area contributed by atoms with Crippen molar-refractivity contribution >= 4 is 16.6 Å². The molecule has 3 N–H and O–H groups in total. The lowest BCUT2D eigenvalue weighted by molar-refractivity contribution is 0.890. The summed E-state index contributed by atoms with van der Waals surface area (Å²) < 4.78 is 0. The smallest absolute Gasteiger partial charge is 0.0708 e. The zero-order valence-corrected chi connectivity index (χ0v) is 8.83. The molecule has 1 heterocycles. The minimum atomic E-state index is 0.926. The maximum atomic E-state index is 5.48. The molecule has 2 aromatic rings. The van der Waals surface area contributed by atoms with Crippen LogP contribution in [0.1, 0.15) is 19.0 Å². The van der Waals surface area contributed by atoms with Gasteiger partial charge in [0, 0.05) is 5.39 Å². The molecule has 0 aliphatic carbocycles. The molecule has 0 amide bonds. The number of hydrogen-bond acceptors (Lipinski definition) is 3. The van der Waals surface area contributed by atoms with Crippen molar-refractivity contribution in [2.75, 3.05) is 5.43 Å². The first-order valence-corrected chi connectivity index (χ1v) is 5.20. The number of fused-ring (bicyclic) bond motifs is 1. The number of rotatable bonds is 3. The van der Waals surface area contributed by atoms with E-state index >= 15 is 0 Å². The number of aryl methyl sites for hydroxylation is 1. The highest BCUT2D eigenvalue weighted by Crippen LogP contribution is 2.21. The average molecular weight is 201 g/mol. The van der Waals surface area contributed by atoms with E-state index in [-0.39, 0.29) is 0 Å². The van der Waals surface area contributed by atoms with Gasteiger partial charge in [-0.2, -0.15) is 0 Å². The molecule has 0 atom stereocenters. The molecule has 0 spiro atoms. The third-order valence-corrected chi connectivity index (χ3v) is 2.45. The van der Waals surface area contributed by atoms with Crippen LogP contribution in [0.25, 0.3) is 10.9 Å². The number of nitrogens with two attached hydrogens (primary N) is 1. The van der Waals surface area contributed by atoms with Crippen LogP contribution >= 0.6 is 0 Å². The summed E-state index contributed by atoms with van der Waals surface area (Å²) in [5.41, 5.74) is 5.70. The lowest BCUT2D eigenvalue weighted by atomic mass is 10.1. The fourth-order valence-corrected chi connectivity index (χ4v) is 1.71. The number of pyridine rings is 1. The van der Waals surface area contributed by atoms with Gasteiger partial charge in [0.1, 0.15) is 0 Å². The van der Waals surface area contributed by atoms with E-state index in [2.05, 4.69) is 17.3 Å². The molecule has 1 aromatic heterocycles. The van der Waals surface area contributed by atoms with Crippen LogP contribution in [0.15, 0.2) is 30.3 Å². The van der Waals surface area contributed by atoms with Gasteiger partial charge in [0.05, 0.1) is 16.9 Å². The van der Waals surface area contributed by atoms with Gasteiger partial charge in [-0.05, 0) is 18.6 Å². The number of nitrogens with zero attached hydrogens (tertiary/aromatic N) is 1. The average Bonchev–Trinajstić information content (AvgIpc) is 2.28. The maximum Gasteiger partial charge on any atom is 0.0708 e. The molecule has 0 radical (unpaired) electrons. The molecule has 15 heavy (non-hydrogen) atoms. The third-order valence-electron chi connectivity index (χ3n) is 2.45. The van der Waals surface area contributed by atoms with Gasteiger partial charge in [-0.25, -0.2) is 0 Å². The minimum Gasteiger partial charge on any atom is -0.322 e. The van der Waals surface area contributed by atoms with Gasteiger partial charge < -0.3 is 5.43 Å². The molecule has 0 saturated heterocycles.